The van der Waals surface area contributed by atoms with E-state index in [9.17, 15) is 12.8 Å². The van der Waals surface area contributed by atoms with E-state index in [0.717, 1.165) is 12.4 Å². The molecular formula is C12H19FN4O3S. The van der Waals surface area contributed by atoms with Crippen LogP contribution in [0.15, 0.2) is 12.4 Å². The Morgan fingerprint density at radius 1 is 1.38 bits per heavy atom. The molecule has 1 aliphatic rings. The average Bonchev–Trinajstić information content (AvgIpc) is 2.37. The first-order valence-electron chi connectivity index (χ1n) is 6.65. The maximum Gasteiger partial charge on any atom is 0.225 e. The standard InChI is InChI=1S/C12H19FN4O3S/c1-8(2)20-10-3-11(21(14,18)19)7-17(6-10)12-15-4-9(13)5-16-12/h4-5,8,10-11H,3,6-7H2,1-2H3,(H2,14,18,19)/t10-,11+/m1/s1. The molecule has 9 heteroatoms. The smallest absolute Gasteiger partial charge is 0.225 e. The average molecular weight is 318 g/mol. The van der Waals surface area contributed by atoms with Crippen LogP contribution in [0.2, 0.25) is 0 Å². The molecule has 2 atom stereocenters. The van der Waals surface area contributed by atoms with E-state index in [1.54, 1.807) is 4.90 Å². The van der Waals surface area contributed by atoms with Crippen LogP contribution in [-0.2, 0) is 14.8 Å². The van der Waals surface area contributed by atoms with Crippen molar-refractivity contribution in [3.8, 4) is 0 Å². The SMILES string of the molecule is CC(C)O[C@@H]1C[C@H](S(N)(=O)=O)CN(c2ncc(F)cn2)C1. The fourth-order valence-electron chi connectivity index (χ4n) is 2.36. The van der Waals surface area contributed by atoms with Gasteiger partial charge in [-0.3, -0.25) is 0 Å². The van der Waals surface area contributed by atoms with Crippen molar-refractivity contribution in [3.63, 3.8) is 0 Å². The summed E-state index contributed by atoms with van der Waals surface area (Å²) in [6, 6.07) is 0. The van der Waals surface area contributed by atoms with Gasteiger partial charge in [-0.05, 0) is 20.3 Å². The third kappa shape index (κ3) is 4.32. The number of hydrogen-bond acceptors (Lipinski definition) is 6. The zero-order valence-electron chi connectivity index (χ0n) is 11.9. The Labute approximate surface area is 123 Å². The van der Waals surface area contributed by atoms with Crippen LogP contribution in [0, 0.1) is 5.82 Å². The molecule has 0 amide bonds. The molecular weight excluding hydrogens is 299 g/mol. The molecule has 2 heterocycles. The van der Waals surface area contributed by atoms with E-state index in [-0.39, 0.29) is 24.7 Å². The van der Waals surface area contributed by atoms with E-state index >= 15 is 0 Å². The van der Waals surface area contributed by atoms with Crippen molar-refractivity contribution < 1.29 is 17.5 Å². The largest absolute Gasteiger partial charge is 0.374 e. The van der Waals surface area contributed by atoms with Crippen molar-refractivity contribution in [2.24, 2.45) is 5.14 Å². The molecule has 7 nitrogen and oxygen atoms in total. The highest BCUT2D eigenvalue weighted by atomic mass is 32.2. The highest BCUT2D eigenvalue weighted by Crippen LogP contribution is 2.22. The van der Waals surface area contributed by atoms with Gasteiger partial charge in [-0.25, -0.2) is 27.9 Å². The summed E-state index contributed by atoms with van der Waals surface area (Å²) >= 11 is 0. The summed E-state index contributed by atoms with van der Waals surface area (Å²) in [6.45, 7) is 4.36. The van der Waals surface area contributed by atoms with E-state index in [1.807, 2.05) is 13.8 Å². The maximum absolute atomic E-state index is 12.9. The summed E-state index contributed by atoms with van der Waals surface area (Å²) in [7, 11) is -3.69. The second kappa shape index (κ2) is 6.20. The van der Waals surface area contributed by atoms with Gasteiger partial charge in [-0.1, -0.05) is 0 Å². The van der Waals surface area contributed by atoms with Gasteiger partial charge in [0.2, 0.25) is 16.0 Å². The quantitative estimate of drug-likeness (QED) is 0.856. The van der Waals surface area contributed by atoms with E-state index < -0.39 is 21.1 Å². The van der Waals surface area contributed by atoms with Crippen LogP contribution in [0.1, 0.15) is 20.3 Å². The molecule has 0 bridgehead atoms. The number of hydrogen-bond donors (Lipinski definition) is 1. The molecule has 0 saturated carbocycles. The van der Waals surface area contributed by atoms with Gasteiger partial charge in [-0.2, -0.15) is 0 Å². The predicted octanol–water partition coefficient (Wildman–Crippen LogP) is 0.276. The van der Waals surface area contributed by atoms with Crippen molar-refractivity contribution in [3.05, 3.63) is 18.2 Å². The summed E-state index contributed by atoms with van der Waals surface area (Å²) < 4.78 is 41.9. The number of rotatable bonds is 4. The molecule has 21 heavy (non-hydrogen) atoms. The van der Waals surface area contributed by atoms with Gasteiger partial charge in [0.25, 0.3) is 0 Å². The lowest BCUT2D eigenvalue weighted by molar-refractivity contribution is 0.00144. The first kappa shape index (κ1) is 16.1. The highest BCUT2D eigenvalue weighted by molar-refractivity contribution is 7.89. The van der Waals surface area contributed by atoms with Crippen LogP contribution >= 0.6 is 0 Å². The van der Waals surface area contributed by atoms with Gasteiger partial charge in [0.1, 0.15) is 0 Å². The van der Waals surface area contributed by atoms with Gasteiger partial charge >= 0.3 is 0 Å². The Morgan fingerprint density at radius 2 is 2.00 bits per heavy atom. The predicted molar refractivity (Wildman–Crippen MR) is 75.7 cm³/mol. The van der Waals surface area contributed by atoms with Crippen LogP contribution in [0.25, 0.3) is 0 Å². The molecule has 118 valence electrons. The number of halogens is 1. The van der Waals surface area contributed by atoms with E-state index in [1.165, 1.54) is 0 Å². The molecule has 1 aliphatic heterocycles. The van der Waals surface area contributed by atoms with E-state index in [4.69, 9.17) is 9.88 Å². The molecule has 0 aliphatic carbocycles. The van der Waals surface area contributed by atoms with Crippen molar-refractivity contribution in [2.75, 3.05) is 18.0 Å². The summed E-state index contributed by atoms with van der Waals surface area (Å²) in [5.41, 5.74) is 0. The van der Waals surface area contributed by atoms with Crippen molar-refractivity contribution in [1.29, 1.82) is 0 Å². The first-order valence-corrected chi connectivity index (χ1v) is 8.26. The topological polar surface area (TPSA) is 98.4 Å². The number of sulfonamides is 1. The van der Waals surface area contributed by atoms with Crippen molar-refractivity contribution in [1.82, 2.24) is 9.97 Å². The Bertz CT molecular complexity index is 579. The van der Waals surface area contributed by atoms with E-state index in [2.05, 4.69) is 9.97 Å². The minimum atomic E-state index is -3.69. The number of piperidine rings is 1. The monoisotopic (exact) mass is 318 g/mol. The van der Waals surface area contributed by atoms with Crippen molar-refractivity contribution >= 4 is 16.0 Å². The minimum absolute atomic E-state index is 0.0368. The zero-order chi connectivity index (χ0) is 15.6. The number of nitrogens with two attached hydrogens (primary N) is 1. The van der Waals surface area contributed by atoms with Crippen molar-refractivity contribution in [2.45, 2.75) is 37.7 Å². The van der Waals surface area contributed by atoms with Gasteiger partial charge in [0.15, 0.2) is 5.82 Å². The third-order valence-electron chi connectivity index (χ3n) is 3.19. The number of nitrogens with zero attached hydrogens (tertiary/aromatic N) is 3. The number of anilines is 1. The van der Waals surface area contributed by atoms with Crippen LogP contribution < -0.4 is 10.0 Å². The van der Waals surface area contributed by atoms with Crippen LogP contribution in [0.4, 0.5) is 10.3 Å². The second-order valence-electron chi connectivity index (χ2n) is 5.36. The molecule has 0 aromatic carbocycles. The Morgan fingerprint density at radius 3 is 2.52 bits per heavy atom. The number of ether oxygens (including phenoxy) is 1. The summed E-state index contributed by atoms with van der Waals surface area (Å²) in [6.07, 6.45) is 2.08. The van der Waals surface area contributed by atoms with Crippen LogP contribution in [0.3, 0.4) is 0 Å². The molecule has 1 saturated heterocycles. The molecule has 2 rings (SSSR count). The van der Waals surface area contributed by atoms with Gasteiger partial charge in [0, 0.05) is 13.1 Å². The molecule has 1 aromatic rings. The fraction of sp³-hybridized carbons (Fsp3) is 0.667. The van der Waals surface area contributed by atoms with Crippen LogP contribution in [-0.4, -0.2) is 48.9 Å². The molecule has 0 unspecified atom stereocenters. The minimum Gasteiger partial charge on any atom is -0.374 e. The lowest BCUT2D eigenvalue weighted by atomic mass is 10.1. The Kier molecular flexibility index (Phi) is 4.74. The lowest BCUT2D eigenvalue weighted by Gasteiger charge is -2.37. The van der Waals surface area contributed by atoms with Crippen LogP contribution in [0.5, 0.6) is 0 Å². The highest BCUT2D eigenvalue weighted by Gasteiger charge is 2.35. The lowest BCUT2D eigenvalue weighted by Crippen LogP contribution is -2.52. The number of primary sulfonamides is 1. The molecule has 1 aromatic heterocycles. The molecule has 0 spiro atoms. The van der Waals surface area contributed by atoms with E-state index in [0.29, 0.717) is 13.0 Å². The second-order valence-corrected chi connectivity index (χ2v) is 7.20. The third-order valence-corrected chi connectivity index (χ3v) is 4.46. The maximum atomic E-state index is 12.9. The van der Waals surface area contributed by atoms with Gasteiger partial charge in [0.05, 0.1) is 29.9 Å². The normalized spacial score (nSPS) is 23.6. The van der Waals surface area contributed by atoms with Gasteiger partial charge in [-0.15, -0.1) is 0 Å². The molecule has 2 N–H and O–H groups in total. The summed E-state index contributed by atoms with van der Waals surface area (Å²) in [5, 5.41) is 4.50. The first-order chi connectivity index (χ1) is 9.75. The number of aromatic nitrogens is 2. The Hall–Kier alpha value is -1.32. The fourth-order valence-corrected chi connectivity index (χ4v) is 3.23. The zero-order valence-corrected chi connectivity index (χ0v) is 12.8. The molecule has 0 radical (unpaired) electrons. The summed E-state index contributed by atoms with van der Waals surface area (Å²) in [5.74, 6) is -0.282. The Balaban J connectivity index is 2.21. The molecule has 1 fully saturated rings. The summed E-state index contributed by atoms with van der Waals surface area (Å²) in [4.78, 5) is 9.42. The van der Waals surface area contributed by atoms with Gasteiger partial charge < -0.3 is 9.64 Å².